The molecule has 11 aromatic rings. The third-order valence-electron chi connectivity index (χ3n) is 11.3. The maximum absolute atomic E-state index is 6.64. The lowest BCUT2D eigenvalue weighted by Crippen LogP contribution is -2.03. The number of hydrogen-bond acceptors (Lipinski definition) is 5. The van der Waals surface area contributed by atoms with Gasteiger partial charge >= 0.3 is 0 Å². The molecule has 1 aliphatic carbocycles. The summed E-state index contributed by atoms with van der Waals surface area (Å²) in [5.41, 5.74) is 10.4. The highest BCUT2D eigenvalue weighted by Gasteiger charge is 2.19. The van der Waals surface area contributed by atoms with Gasteiger partial charge in [-0.3, -0.25) is 0 Å². The van der Waals surface area contributed by atoms with E-state index in [1.807, 2.05) is 41.7 Å². The molecule has 0 atom stereocenters. The first-order valence-corrected chi connectivity index (χ1v) is 20.1. The first-order valence-electron chi connectivity index (χ1n) is 19.3. The van der Waals surface area contributed by atoms with E-state index in [0.717, 1.165) is 74.1 Å². The van der Waals surface area contributed by atoms with E-state index in [-0.39, 0.29) is 0 Å². The summed E-state index contributed by atoms with van der Waals surface area (Å²) in [5.74, 6) is 2.01. The van der Waals surface area contributed by atoms with Crippen molar-refractivity contribution in [2.24, 2.45) is 0 Å². The van der Waals surface area contributed by atoms with Gasteiger partial charge in [0, 0.05) is 58.5 Å². The van der Waals surface area contributed by atoms with Crippen LogP contribution in [0.5, 0.6) is 0 Å². The van der Waals surface area contributed by atoms with Crippen LogP contribution in [-0.2, 0) is 0 Å². The van der Waals surface area contributed by atoms with Gasteiger partial charge in [-0.1, -0.05) is 103 Å². The van der Waals surface area contributed by atoms with Crippen molar-refractivity contribution in [2.75, 3.05) is 0 Å². The Labute approximate surface area is 331 Å². The molecule has 5 nitrogen and oxygen atoms in total. The minimum atomic E-state index is 0.633. The van der Waals surface area contributed by atoms with Crippen LogP contribution in [0.25, 0.3) is 109 Å². The number of aromatic nitrogens is 4. The molecule has 0 saturated heterocycles. The van der Waals surface area contributed by atoms with Crippen molar-refractivity contribution in [1.29, 1.82) is 0 Å². The molecule has 0 spiro atoms. The Morgan fingerprint density at radius 1 is 0.474 bits per heavy atom. The molecule has 4 aromatic heterocycles. The van der Waals surface area contributed by atoms with Gasteiger partial charge in [-0.25, -0.2) is 15.0 Å². The van der Waals surface area contributed by atoms with Crippen molar-refractivity contribution in [3.05, 3.63) is 176 Å². The van der Waals surface area contributed by atoms with Gasteiger partial charge in [0.15, 0.2) is 17.5 Å². The average molecular weight is 749 g/mol. The van der Waals surface area contributed by atoms with Crippen molar-refractivity contribution in [3.63, 3.8) is 0 Å². The van der Waals surface area contributed by atoms with Crippen LogP contribution in [0, 0.1) is 0 Å². The van der Waals surface area contributed by atoms with E-state index in [4.69, 9.17) is 19.4 Å². The number of rotatable bonds is 5. The SMILES string of the molecule is C1=CCCC(c2nc(-c3ccccc3)nc(-c3ccc4c(c3)oc3cc(-c5ccc6c(c5)c5cc7sc8ccccc8c7cc5n6-c5ccccc5)ccc34)n2)=C1. The van der Waals surface area contributed by atoms with Crippen LogP contribution in [0.3, 0.4) is 0 Å². The Morgan fingerprint density at radius 3 is 1.95 bits per heavy atom. The molecule has 0 amide bonds. The van der Waals surface area contributed by atoms with E-state index in [0.29, 0.717) is 11.6 Å². The molecule has 0 N–H and O–H groups in total. The average Bonchev–Trinajstić information content (AvgIpc) is 3.94. The fourth-order valence-corrected chi connectivity index (χ4v) is 9.65. The zero-order valence-electron chi connectivity index (χ0n) is 30.7. The second-order valence-corrected chi connectivity index (χ2v) is 15.8. The normalized spacial score (nSPS) is 13.2. The standard InChI is InChI=1S/C51H32N4OS/c1-4-12-31(13-5-1)49-52-50(32-14-6-2-7-15-32)54-51(53-49)35-21-24-38-37-23-20-34(27-45(37)56-46(38)28-35)33-22-25-43-40(26-33)41-30-48-42(39-18-10-11-19-47(39)57-48)29-44(41)55(43)36-16-8-3-9-17-36/h1-6,8-14,16-30H,7,15H2. The number of para-hydroxylation sites is 1. The van der Waals surface area contributed by atoms with Crippen molar-refractivity contribution in [3.8, 4) is 39.6 Å². The zero-order chi connectivity index (χ0) is 37.5. The molecule has 12 rings (SSSR count). The number of nitrogens with zero attached hydrogens (tertiary/aromatic N) is 4. The van der Waals surface area contributed by atoms with Crippen LogP contribution in [0.4, 0.5) is 0 Å². The van der Waals surface area contributed by atoms with E-state index in [1.54, 1.807) is 0 Å². The van der Waals surface area contributed by atoms with E-state index in [9.17, 15) is 0 Å². The summed E-state index contributed by atoms with van der Waals surface area (Å²) in [6, 6.07) is 54.0. The predicted molar refractivity (Wildman–Crippen MR) is 237 cm³/mol. The molecule has 0 radical (unpaired) electrons. The van der Waals surface area contributed by atoms with Crippen molar-refractivity contribution in [2.45, 2.75) is 12.8 Å². The number of fused-ring (bicyclic) bond motifs is 9. The second-order valence-electron chi connectivity index (χ2n) is 14.7. The lowest BCUT2D eigenvalue weighted by Gasteiger charge is -2.11. The molecule has 4 heterocycles. The third kappa shape index (κ3) is 5.25. The minimum absolute atomic E-state index is 0.633. The Bertz CT molecular complexity index is 3460. The molecule has 268 valence electrons. The van der Waals surface area contributed by atoms with Crippen LogP contribution in [-0.4, -0.2) is 19.5 Å². The molecule has 0 fully saturated rings. The van der Waals surface area contributed by atoms with Crippen LogP contribution < -0.4 is 0 Å². The van der Waals surface area contributed by atoms with Gasteiger partial charge in [0.1, 0.15) is 11.2 Å². The van der Waals surface area contributed by atoms with E-state index in [2.05, 4.69) is 144 Å². The van der Waals surface area contributed by atoms with Gasteiger partial charge in [-0.05, 0) is 96.3 Å². The van der Waals surface area contributed by atoms with Gasteiger partial charge in [-0.2, -0.15) is 0 Å². The van der Waals surface area contributed by atoms with E-state index in [1.165, 1.54) is 42.0 Å². The first-order chi connectivity index (χ1) is 28.2. The summed E-state index contributed by atoms with van der Waals surface area (Å²) in [4.78, 5) is 14.9. The van der Waals surface area contributed by atoms with Gasteiger partial charge in [-0.15, -0.1) is 11.3 Å². The molecule has 0 bridgehead atoms. The highest BCUT2D eigenvalue weighted by molar-refractivity contribution is 7.25. The Morgan fingerprint density at radius 2 is 1.14 bits per heavy atom. The fourth-order valence-electron chi connectivity index (χ4n) is 8.52. The Balaban J connectivity index is 0.980. The molecule has 57 heavy (non-hydrogen) atoms. The van der Waals surface area contributed by atoms with Crippen molar-refractivity contribution in [1.82, 2.24) is 19.5 Å². The first kappa shape index (κ1) is 32.1. The molecule has 7 aromatic carbocycles. The quantitative estimate of drug-likeness (QED) is 0.176. The lowest BCUT2D eigenvalue weighted by molar-refractivity contribution is 0.669. The summed E-state index contributed by atoms with van der Waals surface area (Å²) >= 11 is 1.86. The number of thiophene rings is 1. The van der Waals surface area contributed by atoms with Crippen LogP contribution in [0.1, 0.15) is 18.7 Å². The smallest absolute Gasteiger partial charge is 0.164 e. The van der Waals surface area contributed by atoms with E-state index >= 15 is 0 Å². The molecule has 0 saturated carbocycles. The summed E-state index contributed by atoms with van der Waals surface area (Å²) in [6.45, 7) is 0. The highest BCUT2D eigenvalue weighted by Crippen LogP contribution is 2.42. The molecule has 0 aliphatic heterocycles. The maximum Gasteiger partial charge on any atom is 0.164 e. The monoisotopic (exact) mass is 748 g/mol. The molecule has 1 aliphatic rings. The molecule has 0 unspecified atom stereocenters. The molecular weight excluding hydrogens is 717 g/mol. The summed E-state index contributed by atoms with van der Waals surface area (Å²) in [7, 11) is 0. The molecule has 6 heteroatoms. The number of benzene rings is 7. The van der Waals surface area contributed by atoms with Crippen molar-refractivity contribution >= 4 is 80.8 Å². The van der Waals surface area contributed by atoms with E-state index < -0.39 is 0 Å². The predicted octanol–water partition coefficient (Wildman–Crippen LogP) is 14.0. The van der Waals surface area contributed by atoms with Gasteiger partial charge < -0.3 is 8.98 Å². The number of allylic oxidation sites excluding steroid dienone is 4. The Kier molecular flexibility index (Phi) is 7.16. The second kappa shape index (κ2) is 12.7. The summed E-state index contributed by atoms with van der Waals surface area (Å²) in [6.07, 6.45) is 8.25. The van der Waals surface area contributed by atoms with Gasteiger partial charge in [0.25, 0.3) is 0 Å². The number of furan rings is 1. The third-order valence-corrected chi connectivity index (χ3v) is 12.4. The lowest BCUT2D eigenvalue weighted by atomic mass is 10.0. The largest absolute Gasteiger partial charge is 0.456 e. The van der Waals surface area contributed by atoms with Crippen molar-refractivity contribution < 1.29 is 4.42 Å². The summed E-state index contributed by atoms with van der Waals surface area (Å²) in [5, 5.41) is 7.22. The van der Waals surface area contributed by atoms with Gasteiger partial charge in [0.2, 0.25) is 0 Å². The Hall–Kier alpha value is -7.15. The zero-order valence-corrected chi connectivity index (χ0v) is 31.5. The van der Waals surface area contributed by atoms with Crippen LogP contribution in [0.2, 0.25) is 0 Å². The topological polar surface area (TPSA) is 56.7 Å². The fraction of sp³-hybridized carbons (Fsp3) is 0.0392. The minimum Gasteiger partial charge on any atom is -0.456 e. The highest BCUT2D eigenvalue weighted by atomic mass is 32.1. The van der Waals surface area contributed by atoms with Crippen LogP contribution >= 0.6 is 11.3 Å². The maximum atomic E-state index is 6.64. The number of hydrogen-bond donors (Lipinski definition) is 0. The molecular formula is C51H32N4OS. The summed E-state index contributed by atoms with van der Waals surface area (Å²) < 4.78 is 11.7. The van der Waals surface area contributed by atoms with Gasteiger partial charge in [0.05, 0.1) is 11.0 Å². The van der Waals surface area contributed by atoms with Crippen LogP contribution in [0.15, 0.2) is 174 Å².